The van der Waals surface area contributed by atoms with Gasteiger partial charge in [-0.25, -0.2) is 4.98 Å². The molecule has 1 heterocycles. The van der Waals surface area contributed by atoms with Crippen LogP contribution in [0.2, 0.25) is 0 Å². The van der Waals surface area contributed by atoms with Crippen LogP contribution in [0.15, 0.2) is 30.6 Å². The summed E-state index contributed by atoms with van der Waals surface area (Å²) >= 11 is 0. The molecule has 7 nitrogen and oxygen atoms in total. The molecule has 0 unspecified atom stereocenters. The predicted molar refractivity (Wildman–Crippen MR) is 72.7 cm³/mol. The highest BCUT2D eigenvalue weighted by Crippen LogP contribution is 2.25. The van der Waals surface area contributed by atoms with Crippen LogP contribution in [0.25, 0.3) is 5.69 Å². The molecule has 2 aromatic rings. The van der Waals surface area contributed by atoms with E-state index in [9.17, 15) is 14.9 Å². The Morgan fingerprint density at radius 3 is 2.85 bits per heavy atom. The number of carbonyl (C=O) groups excluding carboxylic acids is 1. The topological polar surface area (TPSA) is 104 Å². The van der Waals surface area contributed by atoms with Crippen molar-refractivity contribution in [1.82, 2.24) is 9.55 Å². The fourth-order valence-electron chi connectivity index (χ4n) is 1.99. The van der Waals surface area contributed by atoms with Crippen molar-refractivity contribution >= 4 is 11.6 Å². The van der Waals surface area contributed by atoms with E-state index in [-0.39, 0.29) is 11.3 Å². The summed E-state index contributed by atoms with van der Waals surface area (Å²) in [6, 6.07) is 4.17. The number of nitrogens with zero attached hydrogens (tertiary/aromatic N) is 3. The van der Waals surface area contributed by atoms with E-state index in [4.69, 9.17) is 5.73 Å². The van der Waals surface area contributed by atoms with Crippen molar-refractivity contribution in [3.05, 3.63) is 52.1 Å². The summed E-state index contributed by atoms with van der Waals surface area (Å²) in [5.41, 5.74) is 5.46. The van der Waals surface area contributed by atoms with Gasteiger partial charge in [0.2, 0.25) is 5.91 Å². The third-order valence-electron chi connectivity index (χ3n) is 2.91. The van der Waals surface area contributed by atoms with E-state index in [0.717, 1.165) is 12.2 Å². The number of nitro benzene ring substituents is 1. The van der Waals surface area contributed by atoms with Crippen molar-refractivity contribution in [2.24, 2.45) is 5.73 Å². The zero-order chi connectivity index (χ0) is 14.7. The summed E-state index contributed by atoms with van der Waals surface area (Å²) in [5, 5.41) is 11.2. The SMILES string of the molecule is CCCc1nccn1-c1ccc(C(N)=O)cc1[N+](=O)[O-]. The standard InChI is InChI=1S/C13H14N4O3/c1-2-3-12-15-6-7-16(12)10-5-4-9(13(14)18)8-11(10)17(19)20/h4-8H,2-3H2,1H3,(H2,14,18). The number of aromatic nitrogens is 2. The Morgan fingerprint density at radius 2 is 2.25 bits per heavy atom. The Bertz CT molecular complexity index is 663. The lowest BCUT2D eigenvalue weighted by molar-refractivity contribution is -0.384. The number of hydrogen-bond donors (Lipinski definition) is 1. The molecule has 0 radical (unpaired) electrons. The lowest BCUT2D eigenvalue weighted by Gasteiger charge is -2.08. The largest absolute Gasteiger partial charge is 0.366 e. The average Bonchev–Trinajstić information content (AvgIpc) is 2.86. The summed E-state index contributed by atoms with van der Waals surface area (Å²) in [7, 11) is 0. The van der Waals surface area contributed by atoms with Crippen LogP contribution in [-0.4, -0.2) is 20.4 Å². The van der Waals surface area contributed by atoms with Crippen LogP contribution in [0.1, 0.15) is 29.5 Å². The summed E-state index contributed by atoms with van der Waals surface area (Å²) in [6.07, 6.45) is 4.85. The van der Waals surface area contributed by atoms with Gasteiger partial charge >= 0.3 is 0 Å². The van der Waals surface area contributed by atoms with Crippen LogP contribution in [0.5, 0.6) is 0 Å². The summed E-state index contributed by atoms with van der Waals surface area (Å²) in [6.45, 7) is 2.00. The van der Waals surface area contributed by atoms with Crippen molar-refractivity contribution in [3.8, 4) is 5.69 Å². The van der Waals surface area contributed by atoms with E-state index >= 15 is 0 Å². The summed E-state index contributed by atoms with van der Waals surface area (Å²) < 4.78 is 1.66. The van der Waals surface area contributed by atoms with Crippen LogP contribution in [0.4, 0.5) is 5.69 Å². The van der Waals surface area contributed by atoms with Crippen molar-refractivity contribution in [2.75, 3.05) is 0 Å². The van der Waals surface area contributed by atoms with Gasteiger partial charge in [-0.2, -0.15) is 0 Å². The van der Waals surface area contributed by atoms with E-state index in [0.29, 0.717) is 12.1 Å². The van der Waals surface area contributed by atoms with Gasteiger partial charge in [0.1, 0.15) is 11.5 Å². The first-order chi connectivity index (χ1) is 9.54. The number of rotatable bonds is 5. The first-order valence-electron chi connectivity index (χ1n) is 6.15. The lowest BCUT2D eigenvalue weighted by atomic mass is 10.1. The monoisotopic (exact) mass is 274 g/mol. The number of imidazole rings is 1. The number of primary amides is 1. The minimum Gasteiger partial charge on any atom is -0.366 e. The summed E-state index contributed by atoms with van der Waals surface area (Å²) in [5.74, 6) is 0.0430. The maximum Gasteiger partial charge on any atom is 0.294 e. The molecular formula is C13H14N4O3. The fraction of sp³-hybridized carbons (Fsp3) is 0.231. The fourth-order valence-corrected chi connectivity index (χ4v) is 1.99. The molecule has 1 aromatic heterocycles. The van der Waals surface area contributed by atoms with Crippen molar-refractivity contribution < 1.29 is 9.72 Å². The van der Waals surface area contributed by atoms with Gasteiger partial charge in [-0.1, -0.05) is 6.92 Å². The Kier molecular flexibility index (Phi) is 3.79. The quantitative estimate of drug-likeness (QED) is 0.663. The van der Waals surface area contributed by atoms with Gasteiger partial charge in [-0.15, -0.1) is 0 Å². The van der Waals surface area contributed by atoms with Gasteiger partial charge in [0.05, 0.1) is 4.92 Å². The number of aryl methyl sites for hydroxylation is 1. The van der Waals surface area contributed by atoms with Gasteiger partial charge in [-0.3, -0.25) is 19.5 Å². The highest BCUT2D eigenvalue weighted by atomic mass is 16.6. The highest BCUT2D eigenvalue weighted by Gasteiger charge is 2.19. The zero-order valence-electron chi connectivity index (χ0n) is 10.9. The number of nitro groups is 1. The molecule has 0 aliphatic rings. The normalized spacial score (nSPS) is 10.4. The molecule has 0 saturated carbocycles. The second kappa shape index (κ2) is 5.52. The minimum absolute atomic E-state index is 0.109. The zero-order valence-corrected chi connectivity index (χ0v) is 10.9. The van der Waals surface area contributed by atoms with Crippen molar-refractivity contribution in [2.45, 2.75) is 19.8 Å². The number of amides is 1. The third-order valence-corrected chi connectivity index (χ3v) is 2.91. The Balaban J connectivity index is 2.58. The highest BCUT2D eigenvalue weighted by molar-refractivity contribution is 5.94. The first kappa shape index (κ1) is 13.7. The molecule has 7 heteroatoms. The molecule has 2 N–H and O–H groups in total. The second-order valence-electron chi connectivity index (χ2n) is 4.29. The summed E-state index contributed by atoms with van der Waals surface area (Å²) in [4.78, 5) is 26.0. The molecule has 0 spiro atoms. The first-order valence-corrected chi connectivity index (χ1v) is 6.15. The Morgan fingerprint density at radius 1 is 1.50 bits per heavy atom. The Labute approximate surface area is 115 Å². The second-order valence-corrected chi connectivity index (χ2v) is 4.29. The van der Waals surface area contributed by atoms with E-state index in [1.54, 1.807) is 17.0 Å². The Hall–Kier alpha value is -2.70. The van der Waals surface area contributed by atoms with Crippen molar-refractivity contribution in [1.29, 1.82) is 0 Å². The molecule has 0 aliphatic carbocycles. The number of hydrogen-bond acceptors (Lipinski definition) is 4. The molecule has 1 aromatic carbocycles. The molecule has 0 atom stereocenters. The van der Waals surface area contributed by atoms with Crippen LogP contribution in [0.3, 0.4) is 0 Å². The molecule has 2 rings (SSSR count). The molecule has 20 heavy (non-hydrogen) atoms. The van der Waals surface area contributed by atoms with Gasteiger partial charge in [0.15, 0.2) is 0 Å². The van der Waals surface area contributed by atoms with Crippen molar-refractivity contribution in [3.63, 3.8) is 0 Å². The predicted octanol–water partition coefficient (Wildman–Crippen LogP) is 1.83. The molecule has 0 aliphatic heterocycles. The van der Waals surface area contributed by atoms with Crippen LogP contribution < -0.4 is 5.73 Å². The van der Waals surface area contributed by atoms with E-state index < -0.39 is 10.8 Å². The third kappa shape index (κ3) is 2.51. The lowest BCUT2D eigenvalue weighted by Crippen LogP contribution is -2.12. The maximum atomic E-state index is 11.2. The molecular weight excluding hydrogens is 260 g/mol. The van der Waals surface area contributed by atoms with Crippen LogP contribution in [0, 0.1) is 10.1 Å². The van der Waals surface area contributed by atoms with E-state index in [1.807, 2.05) is 6.92 Å². The van der Waals surface area contributed by atoms with E-state index in [1.165, 1.54) is 18.2 Å². The number of benzene rings is 1. The van der Waals surface area contributed by atoms with Gasteiger partial charge < -0.3 is 5.73 Å². The molecule has 1 amide bonds. The van der Waals surface area contributed by atoms with Crippen LogP contribution in [-0.2, 0) is 6.42 Å². The number of nitrogens with two attached hydrogens (primary N) is 1. The van der Waals surface area contributed by atoms with Gasteiger partial charge in [0, 0.05) is 30.4 Å². The molecule has 104 valence electrons. The average molecular weight is 274 g/mol. The van der Waals surface area contributed by atoms with Gasteiger partial charge in [0.25, 0.3) is 5.69 Å². The number of carbonyl (C=O) groups is 1. The molecule has 0 bridgehead atoms. The van der Waals surface area contributed by atoms with Gasteiger partial charge in [-0.05, 0) is 18.6 Å². The minimum atomic E-state index is -0.695. The molecule has 0 saturated heterocycles. The molecule has 0 fully saturated rings. The van der Waals surface area contributed by atoms with E-state index in [2.05, 4.69) is 4.98 Å². The smallest absolute Gasteiger partial charge is 0.294 e. The maximum absolute atomic E-state index is 11.2. The van der Waals surface area contributed by atoms with Crippen LogP contribution >= 0.6 is 0 Å².